The van der Waals surface area contributed by atoms with Crippen molar-refractivity contribution in [3.63, 3.8) is 0 Å². The van der Waals surface area contributed by atoms with Crippen LogP contribution in [0.2, 0.25) is 0 Å². The molecule has 0 fully saturated rings. The molecular formula is C27H27BrO5. The number of carbonyl (C=O) groups excluding carboxylic acids is 2. The Bertz CT molecular complexity index is 1100. The lowest BCUT2D eigenvalue weighted by Crippen LogP contribution is -2.20. The molecule has 33 heavy (non-hydrogen) atoms. The van der Waals surface area contributed by atoms with E-state index < -0.39 is 11.9 Å². The Balaban J connectivity index is 1.56. The third kappa shape index (κ3) is 7.19. The second-order valence-corrected chi connectivity index (χ2v) is 9.38. The van der Waals surface area contributed by atoms with Crippen LogP contribution >= 0.6 is 15.9 Å². The summed E-state index contributed by atoms with van der Waals surface area (Å²) in [6.45, 7) is 6.29. The van der Waals surface area contributed by atoms with Crippen LogP contribution in [0, 0.1) is 0 Å². The van der Waals surface area contributed by atoms with Gasteiger partial charge in [0.1, 0.15) is 17.1 Å². The third-order valence-electron chi connectivity index (χ3n) is 4.94. The third-order valence-corrected chi connectivity index (χ3v) is 5.56. The molecule has 0 saturated carbocycles. The Morgan fingerprint density at radius 3 is 2.27 bits per heavy atom. The van der Waals surface area contributed by atoms with Gasteiger partial charge in [-0.25, -0.2) is 9.59 Å². The summed E-state index contributed by atoms with van der Waals surface area (Å²) in [5, 5.41) is 0. The second kappa shape index (κ2) is 11.1. The van der Waals surface area contributed by atoms with Gasteiger partial charge in [-0.3, -0.25) is 0 Å². The van der Waals surface area contributed by atoms with E-state index in [-0.39, 0.29) is 29.9 Å². The fourth-order valence-corrected chi connectivity index (χ4v) is 3.57. The quantitative estimate of drug-likeness (QED) is 0.269. The van der Waals surface area contributed by atoms with Crippen molar-refractivity contribution in [3.05, 3.63) is 94.0 Å². The first-order valence-electron chi connectivity index (χ1n) is 10.7. The molecule has 3 aromatic rings. The molecule has 0 atom stereocenters. The van der Waals surface area contributed by atoms with Gasteiger partial charge in [-0.15, -0.1) is 0 Å². The predicted octanol–water partition coefficient (Wildman–Crippen LogP) is 6.13. The zero-order chi connectivity index (χ0) is 23.8. The monoisotopic (exact) mass is 510 g/mol. The SMILES string of the molecule is CC(C)(C)c1ccc(OCC(=O)Oc2ccccc2C(=O)OCCc2ccccc2)c(Br)c1. The molecule has 0 amide bonds. The van der Waals surface area contributed by atoms with Gasteiger partial charge < -0.3 is 14.2 Å². The zero-order valence-electron chi connectivity index (χ0n) is 19.0. The van der Waals surface area contributed by atoms with E-state index in [1.54, 1.807) is 24.3 Å². The van der Waals surface area contributed by atoms with Crippen LogP contribution < -0.4 is 9.47 Å². The van der Waals surface area contributed by atoms with Gasteiger partial charge in [0.05, 0.1) is 11.1 Å². The van der Waals surface area contributed by atoms with Crippen molar-refractivity contribution in [2.45, 2.75) is 32.6 Å². The van der Waals surface area contributed by atoms with Crippen molar-refractivity contribution in [1.29, 1.82) is 0 Å². The average molecular weight is 511 g/mol. The molecular weight excluding hydrogens is 484 g/mol. The molecule has 0 bridgehead atoms. The van der Waals surface area contributed by atoms with E-state index in [0.29, 0.717) is 12.2 Å². The molecule has 0 aliphatic rings. The van der Waals surface area contributed by atoms with Crippen LogP contribution in [0.4, 0.5) is 0 Å². The number of ether oxygens (including phenoxy) is 3. The van der Waals surface area contributed by atoms with Gasteiger partial charge in [-0.1, -0.05) is 69.3 Å². The van der Waals surface area contributed by atoms with Gasteiger partial charge in [0, 0.05) is 6.42 Å². The molecule has 0 spiro atoms. The summed E-state index contributed by atoms with van der Waals surface area (Å²) in [5.74, 6) is -0.492. The predicted molar refractivity (Wildman–Crippen MR) is 131 cm³/mol. The maximum absolute atomic E-state index is 12.5. The molecule has 3 aromatic carbocycles. The number of para-hydroxylation sites is 1. The summed E-state index contributed by atoms with van der Waals surface area (Å²) >= 11 is 3.49. The summed E-state index contributed by atoms with van der Waals surface area (Å²) in [7, 11) is 0. The summed E-state index contributed by atoms with van der Waals surface area (Å²) in [6, 6.07) is 22.0. The molecule has 0 unspecified atom stereocenters. The van der Waals surface area contributed by atoms with Crippen LogP contribution in [0.15, 0.2) is 77.3 Å². The van der Waals surface area contributed by atoms with Crippen molar-refractivity contribution in [1.82, 2.24) is 0 Å². The minimum atomic E-state index is -0.619. The van der Waals surface area contributed by atoms with Gasteiger partial charge >= 0.3 is 11.9 Å². The van der Waals surface area contributed by atoms with E-state index in [2.05, 4.69) is 36.7 Å². The molecule has 172 valence electrons. The summed E-state index contributed by atoms with van der Waals surface area (Å²) in [4.78, 5) is 24.9. The highest BCUT2D eigenvalue weighted by Crippen LogP contribution is 2.31. The number of rotatable bonds is 8. The second-order valence-electron chi connectivity index (χ2n) is 8.53. The molecule has 3 rings (SSSR count). The average Bonchev–Trinajstić information content (AvgIpc) is 2.78. The standard InChI is InChI=1S/C27H27BrO5/c1-27(2,3)20-13-14-24(22(28)17-20)32-18-25(29)33-23-12-8-7-11-21(23)26(30)31-16-15-19-9-5-4-6-10-19/h4-14,17H,15-16,18H2,1-3H3. The highest BCUT2D eigenvalue weighted by Gasteiger charge is 2.18. The number of hydrogen-bond acceptors (Lipinski definition) is 5. The summed E-state index contributed by atoms with van der Waals surface area (Å²) in [6.07, 6.45) is 0.602. The molecule has 6 heteroatoms. The first kappa shape index (κ1) is 24.5. The smallest absolute Gasteiger partial charge is 0.349 e. The van der Waals surface area contributed by atoms with E-state index in [0.717, 1.165) is 15.6 Å². The molecule has 0 saturated heterocycles. The van der Waals surface area contributed by atoms with E-state index >= 15 is 0 Å². The Morgan fingerprint density at radius 1 is 0.879 bits per heavy atom. The molecule has 5 nitrogen and oxygen atoms in total. The minimum Gasteiger partial charge on any atom is -0.481 e. The largest absolute Gasteiger partial charge is 0.481 e. The maximum Gasteiger partial charge on any atom is 0.349 e. The summed E-state index contributed by atoms with van der Waals surface area (Å²) in [5.41, 5.74) is 2.40. The van der Waals surface area contributed by atoms with Crippen molar-refractivity contribution >= 4 is 27.9 Å². The van der Waals surface area contributed by atoms with Gasteiger partial charge in [0.25, 0.3) is 0 Å². The van der Waals surface area contributed by atoms with Gasteiger partial charge in [-0.2, -0.15) is 0 Å². The van der Waals surface area contributed by atoms with Crippen molar-refractivity contribution in [2.24, 2.45) is 0 Å². The van der Waals surface area contributed by atoms with Gasteiger partial charge in [-0.05, 0) is 56.7 Å². The van der Waals surface area contributed by atoms with E-state index in [9.17, 15) is 9.59 Å². The Morgan fingerprint density at radius 2 is 1.58 bits per heavy atom. The van der Waals surface area contributed by atoms with Crippen LogP contribution in [-0.2, 0) is 21.4 Å². The number of halogens is 1. The number of hydrogen-bond donors (Lipinski definition) is 0. The van der Waals surface area contributed by atoms with Crippen LogP contribution in [0.1, 0.15) is 42.3 Å². The van der Waals surface area contributed by atoms with E-state index in [1.807, 2.05) is 48.5 Å². The molecule has 0 N–H and O–H groups in total. The first-order valence-corrected chi connectivity index (χ1v) is 11.5. The lowest BCUT2D eigenvalue weighted by Gasteiger charge is -2.20. The highest BCUT2D eigenvalue weighted by molar-refractivity contribution is 9.10. The molecule has 0 aliphatic heterocycles. The topological polar surface area (TPSA) is 61.8 Å². The van der Waals surface area contributed by atoms with E-state index in [1.165, 1.54) is 0 Å². The summed E-state index contributed by atoms with van der Waals surface area (Å²) < 4.78 is 17.1. The van der Waals surface area contributed by atoms with Crippen LogP contribution in [0.3, 0.4) is 0 Å². The first-order chi connectivity index (χ1) is 15.7. The zero-order valence-corrected chi connectivity index (χ0v) is 20.6. The lowest BCUT2D eigenvalue weighted by molar-refractivity contribution is -0.136. The molecule has 0 radical (unpaired) electrons. The normalized spacial score (nSPS) is 11.0. The number of benzene rings is 3. The highest BCUT2D eigenvalue weighted by atomic mass is 79.9. The molecule has 0 aliphatic carbocycles. The molecule has 0 heterocycles. The maximum atomic E-state index is 12.5. The van der Waals surface area contributed by atoms with Crippen LogP contribution in [0.25, 0.3) is 0 Å². The van der Waals surface area contributed by atoms with Gasteiger partial charge in [0.2, 0.25) is 0 Å². The Hall–Kier alpha value is -3.12. The van der Waals surface area contributed by atoms with Crippen LogP contribution in [0.5, 0.6) is 11.5 Å². The number of carbonyl (C=O) groups is 2. The van der Waals surface area contributed by atoms with Gasteiger partial charge in [0.15, 0.2) is 6.61 Å². The van der Waals surface area contributed by atoms with Crippen molar-refractivity contribution in [2.75, 3.05) is 13.2 Å². The molecule has 0 aromatic heterocycles. The minimum absolute atomic E-state index is 0.000600. The Labute approximate surface area is 202 Å². The van der Waals surface area contributed by atoms with Crippen molar-refractivity contribution < 1.29 is 23.8 Å². The fraction of sp³-hybridized carbons (Fsp3) is 0.259. The van der Waals surface area contributed by atoms with Crippen molar-refractivity contribution in [3.8, 4) is 11.5 Å². The fourth-order valence-electron chi connectivity index (χ4n) is 3.08. The Kier molecular flexibility index (Phi) is 8.28. The number of esters is 2. The van der Waals surface area contributed by atoms with Crippen LogP contribution in [-0.4, -0.2) is 25.2 Å². The van der Waals surface area contributed by atoms with E-state index in [4.69, 9.17) is 14.2 Å². The lowest BCUT2D eigenvalue weighted by atomic mass is 9.87.